The molecule has 1 N–H and O–H groups in total. The summed E-state index contributed by atoms with van der Waals surface area (Å²) in [6, 6.07) is 0.395. The van der Waals surface area contributed by atoms with E-state index in [2.05, 4.69) is 24.3 Å². The number of nitrogens with one attached hydrogen (secondary N) is 1. The van der Waals surface area contributed by atoms with E-state index in [0.717, 1.165) is 31.0 Å². The van der Waals surface area contributed by atoms with Crippen molar-refractivity contribution in [2.24, 2.45) is 0 Å². The van der Waals surface area contributed by atoms with Gasteiger partial charge in [-0.1, -0.05) is 0 Å². The first-order valence-corrected chi connectivity index (χ1v) is 7.76. The van der Waals surface area contributed by atoms with Crippen molar-refractivity contribution in [1.29, 1.82) is 0 Å². The third-order valence-electron chi connectivity index (χ3n) is 2.76. The molecule has 4 nitrogen and oxygen atoms in total. The van der Waals surface area contributed by atoms with E-state index < -0.39 is 0 Å². The quantitative estimate of drug-likeness (QED) is 0.834. The molecule has 0 aromatic carbocycles. The van der Waals surface area contributed by atoms with Gasteiger partial charge < -0.3 is 15.1 Å². The fraction of sp³-hybridized carbons (Fsp3) is 0.923. The van der Waals surface area contributed by atoms with Gasteiger partial charge in [0.15, 0.2) is 0 Å². The molecule has 0 aliphatic carbocycles. The van der Waals surface area contributed by atoms with Gasteiger partial charge in [0.05, 0.1) is 6.04 Å². The van der Waals surface area contributed by atoms with Crippen LogP contribution in [-0.4, -0.2) is 66.1 Å². The second-order valence-corrected chi connectivity index (χ2v) is 7.37. The molecule has 5 heteroatoms. The molecule has 1 saturated heterocycles. The largest absolute Gasteiger partial charge is 0.333 e. The summed E-state index contributed by atoms with van der Waals surface area (Å²) in [6.07, 6.45) is 1.09. The van der Waals surface area contributed by atoms with E-state index in [-0.39, 0.29) is 11.6 Å². The second kappa shape index (κ2) is 6.66. The van der Waals surface area contributed by atoms with Crippen molar-refractivity contribution in [2.75, 3.05) is 38.7 Å². The first-order chi connectivity index (χ1) is 8.29. The van der Waals surface area contributed by atoms with Crippen molar-refractivity contribution >= 4 is 17.8 Å². The van der Waals surface area contributed by atoms with Gasteiger partial charge in [0.1, 0.15) is 0 Å². The van der Waals surface area contributed by atoms with E-state index in [1.165, 1.54) is 0 Å². The molecule has 0 radical (unpaired) electrons. The van der Waals surface area contributed by atoms with Gasteiger partial charge in [-0.25, -0.2) is 4.79 Å². The molecular weight excluding hydrogens is 246 g/mol. The lowest BCUT2D eigenvalue weighted by Crippen LogP contribution is -2.54. The van der Waals surface area contributed by atoms with Crippen molar-refractivity contribution in [3.05, 3.63) is 0 Å². The van der Waals surface area contributed by atoms with Crippen molar-refractivity contribution in [2.45, 2.75) is 38.8 Å². The standard InChI is InChI=1S/C13H27N3OS/c1-13(2,3)14-12(17)16-7-6-8-18-10-11(16)9-15(4)5/h11H,6-10H2,1-5H3,(H,14,17). The minimum absolute atomic E-state index is 0.0804. The maximum absolute atomic E-state index is 12.3. The molecular formula is C13H27N3OS. The maximum atomic E-state index is 12.3. The number of nitrogens with zero attached hydrogens (tertiary/aromatic N) is 2. The van der Waals surface area contributed by atoms with Gasteiger partial charge in [0.2, 0.25) is 0 Å². The monoisotopic (exact) mass is 273 g/mol. The Hall–Kier alpha value is -0.420. The molecule has 0 spiro atoms. The fourth-order valence-electron chi connectivity index (χ4n) is 2.06. The van der Waals surface area contributed by atoms with Crippen LogP contribution in [0.15, 0.2) is 0 Å². The normalized spacial score (nSPS) is 21.9. The van der Waals surface area contributed by atoms with Gasteiger partial charge in [-0.15, -0.1) is 0 Å². The van der Waals surface area contributed by atoms with Crippen LogP contribution < -0.4 is 5.32 Å². The summed E-state index contributed by atoms with van der Waals surface area (Å²) in [7, 11) is 4.13. The van der Waals surface area contributed by atoms with Crippen LogP contribution in [0.3, 0.4) is 0 Å². The first kappa shape index (κ1) is 15.6. The van der Waals surface area contributed by atoms with Crippen LogP contribution in [0.1, 0.15) is 27.2 Å². The summed E-state index contributed by atoms with van der Waals surface area (Å²) in [4.78, 5) is 16.5. The Kier molecular flexibility index (Phi) is 5.79. The molecule has 0 saturated carbocycles. The summed E-state index contributed by atoms with van der Waals surface area (Å²) in [5.41, 5.74) is -0.167. The van der Waals surface area contributed by atoms with Crippen LogP contribution in [0.2, 0.25) is 0 Å². The van der Waals surface area contributed by atoms with E-state index in [9.17, 15) is 4.79 Å². The van der Waals surface area contributed by atoms with Crippen molar-refractivity contribution < 1.29 is 4.79 Å². The SMILES string of the molecule is CN(C)CC1CSCCCN1C(=O)NC(C)(C)C. The van der Waals surface area contributed by atoms with Gasteiger partial charge in [0, 0.05) is 24.4 Å². The number of likely N-dealkylation sites (N-methyl/N-ethyl adjacent to an activating group) is 1. The zero-order valence-electron chi connectivity index (χ0n) is 12.3. The molecule has 1 aliphatic rings. The summed E-state index contributed by atoms with van der Waals surface area (Å²) in [5.74, 6) is 2.19. The lowest BCUT2D eigenvalue weighted by Gasteiger charge is -2.34. The lowest BCUT2D eigenvalue weighted by atomic mass is 10.1. The average molecular weight is 273 g/mol. The van der Waals surface area contributed by atoms with Crippen LogP contribution in [0, 0.1) is 0 Å². The maximum Gasteiger partial charge on any atom is 0.318 e. The third-order valence-corrected chi connectivity index (χ3v) is 3.96. The van der Waals surface area contributed by atoms with E-state index in [1.807, 2.05) is 37.4 Å². The van der Waals surface area contributed by atoms with Gasteiger partial charge in [-0.05, 0) is 47.0 Å². The molecule has 1 fully saturated rings. The minimum Gasteiger partial charge on any atom is -0.333 e. The van der Waals surface area contributed by atoms with Crippen molar-refractivity contribution in [3.8, 4) is 0 Å². The van der Waals surface area contributed by atoms with E-state index in [4.69, 9.17) is 0 Å². The van der Waals surface area contributed by atoms with Gasteiger partial charge in [0.25, 0.3) is 0 Å². The average Bonchev–Trinajstić information content (AvgIpc) is 2.39. The molecule has 0 bridgehead atoms. The Balaban J connectivity index is 2.69. The smallest absolute Gasteiger partial charge is 0.318 e. The number of amides is 2. The number of urea groups is 1. The number of carbonyl (C=O) groups is 1. The van der Waals surface area contributed by atoms with Crippen LogP contribution in [0.4, 0.5) is 4.79 Å². The van der Waals surface area contributed by atoms with Crippen LogP contribution >= 0.6 is 11.8 Å². The Bertz CT molecular complexity index is 276. The summed E-state index contributed by atoms with van der Waals surface area (Å²) < 4.78 is 0. The molecule has 1 rings (SSSR count). The van der Waals surface area contributed by atoms with Crippen LogP contribution in [-0.2, 0) is 0 Å². The number of carbonyl (C=O) groups excluding carboxylic acids is 1. The predicted molar refractivity (Wildman–Crippen MR) is 79.3 cm³/mol. The molecule has 0 aromatic heterocycles. The Morgan fingerprint density at radius 2 is 2.11 bits per heavy atom. The minimum atomic E-state index is -0.167. The summed E-state index contributed by atoms with van der Waals surface area (Å²) >= 11 is 1.96. The highest BCUT2D eigenvalue weighted by Gasteiger charge is 2.28. The number of hydrogen-bond donors (Lipinski definition) is 1. The molecule has 18 heavy (non-hydrogen) atoms. The Morgan fingerprint density at radius 1 is 1.44 bits per heavy atom. The topological polar surface area (TPSA) is 35.6 Å². The van der Waals surface area contributed by atoms with E-state index in [1.54, 1.807) is 0 Å². The highest BCUT2D eigenvalue weighted by molar-refractivity contribution is 7.99. The zero-order valence-corrected chi connectivity index (χ0v) is 13.1. The highest BCUT2D eigenvalue weighted by Crippen LogP contribution is 2.17. The molecule has 2 amide bonds. The number of rotatable bonds is 2. The molecule has 1 atom stereocenters. The molecule has 0 aromatic rings. The fourth-order valence-corrected chi connectivity index (χ4v) is 3.12. The molecule has 106 valence electrons. The van der Waals surface area contributed by atoms with Crippen molar-refractivity contribution in [3.63, 3.8) is 0 Å². The zero-order chi connectivity index (χ0) is 13.8. The number of hydrogen-bond acceptors (Lipinski definition) is 3. The Labute approximate surface area is 115 Å². The summed E-state index contributed by atoms with van der Waals surface area (Å²) in [5, 5.41) is 3.08. The van der Waals surface area contributed by atoms with Gasteiger partial charge in [-0.3, -0.25) is 0 Å². The van der Waals surface area contributed by atoms with Crippen molar-refractivity contribution in [1.82, 2.24) is 15.1 Å². The first-order valence-electron chi connectivity index (χ1n) is 6.61. The lowest BCUT2D eigenvalue weighted by molar-refractivity contribution is 0.161. The molecule has 1 heterocycles. The van der Waals surface area contributed by atoms with Crippen LogP contribution in [0.25, 0.3) is 0 Å². The highest BCUT2D eigenvalue weighted by atomic mass is 32.2. The molecule has 1 unspecified atom stereocenters. The third kappa shape index (κ3) is 5.48. The van der Waals surface area contributed by atoms with Crippen LogP contribution in [0.5, 0.6) is 0 Å². The summed E-state index contributed by atoms with van der Waals surface area (Å²) in [6.45, 7) is 7.88. The van der Waals surface area contributed by atoms with Gasteiger partial charge >= 0.3 is 6.03 Å². The van der Waals surface area contributed by atoms with Gasteiger partial charge in [-0.2, -0.15) is 11.8 Å². The molecule has 1 aliphatic heterocycles. The number of thioether (sulfide) groups is 1. The predicted octanol–water partition coefficient (Wildman–Crippen LogP) is 1.86. The van der Waals surface area contributed by atoms with E-state index in [0.29, 0.717) is 6.04 Å². The second-order valence-electron chi connectivity index (χ2n) is 6.22. The Morgan fingerprint density at radius 3 is 2.67 bits per heavy atom. The van der Waals surface area contributed by atoms with E-state index >= 15 is 0 Å².